The first-order valence-corrected chi connectivity index (χ1v) is 19.8. The van der Waals surface area contributed by atoms with E-state index in [0.29, 0.717) is 24.7 Å². The number of rotatable bonds is 23. The number of ether oxygens (including phenoxy) is 11. The van der Waals surface area contributed by atoms with E-state index in [4.69, 9.17) is 52.1 Å². The number of esters is 1. The van der Waals surface area contributed by atoms with E-state index in [0.717, 1.165) is 33.6 Å². The number of benzene rings is 5. The fourth-order valence-corrected chi connectivity index (χ4v) is 6.86. The van der Waals surface area contributed by atoms with Crippen molar-refractivity contribution in [2.45, 2.75) is 76.6 Å². The highest BCUT2D eigenvalue weighted by atomic mass is 16.7. The number of hydrogen-bond acceptors (Lipinski definition) is 12. The fourth-order valence-electron chi connectivity index (χ4n) is 6.86. The monoisotopic (exact) mass is 822 g/mol. The van der Waals surface area contributed by atoms with Gasteiger partial charge in [-0.25, -0.2) is 0 Å². The molecule has 0 N–H and O–H groups in total. The summed E-state index contributed by atoms with van der Waals surface area (Å²) in [6.07, 6.45) is -5.55. The van der Waals surface area contributed by atoms with E-state index in [1.54, 1.807) is 21.3 Å². The molecule has 0 saturated heterocycles. The van der Waals surface area contributed by atoms with Crippen LogP contribution in [0.5, 0.6) is 17.2 Å². The van der Waals surface area contributed by atoms with Crippen LogP contribution in [0.3, 0.4) is 0 Å². The van der Waals surface area contributed by atoms with Crippen LogP contribution in [0.1, 0.15) is 34.7 Å². The summed E-state index contributed by atoms with van der Waals surface area (Å²) < 4.78 is 68.1. The van der Waals surface area contributed by atoms with Gasteiger partial charge in [0, 0.05) is 6.92 Å². The van der Waals surface area contributed by atoms with E-state index >= 15 is 0 Å². The van der Waals surface area contributed by atoms with Crippen molar-refractivity contribution >= 4 is 5.97 Å². The molecule has 1 aliphatic rings. The summed E-state index contributed by atoms with van der Waals surface area (Å²) in [6, 6.07) is 42.3. The Labute approximate surface area is 352 Å². The second-order valence-corrected chi connectivity index (χ2v) is 14.1. The lowest BCUT2D eigenvalue weighted by molar-refractivity contribution is -0.301. The number of methoxy groups -OCH3 is 3. The summed E-state index contributed by atoms with van der Waals surface area (Å²) in [7, 11) is 4.86. The predicted octanol–water partition coefficient (Wildman–Crippen LogP) is 7.83. The number of carbonyl (C=O) groups is 1. The van der Waals surface area contributed by atoms with E-state index in [-0.39, 0.29) is 33.4 Å². The molecule has 1 aliphatic carbocycles. The predicted molar refractivity (Wildman–Crippen MR) is 222 cm³/mol. The molecule has 60 heavy (non-hydrogen) atoms. The van der Waals surface area contributed by atoms with Crippen molar-refractivity contribution in [3.8, 4) is 17.2 Å². The van der Waals surface area contributed by atoms with Gasteiger partial charge in [-0.05, 0) is 64.2 Å². The Balaban J connectivity index is 1.36. The molecule has 0 aromatic heterocycles. The van der Waals surface area contributed by atoms with Crippen LogP contribution in [0.25, 0.3) is 0 Å². The van der Waals surface area contributed by atoms with Crippen molar-refractivity contribution in [3.63, 3.8) is 0 Å². The summed E-state index contributed by atoms with van der Waals surface area (Å²) in [5, 5.41) is 0. The zero-order valence-corrected chi connectivity index (χ0v) is 34.5. The third kappa shape index (κ3) is 13.1. The minimum absolute atomic E-state index is 0.153. The molecule has 2 unspecified atom stereocenters. The Morgan fingerprint density at radius 3 is 0.983 bits per heavy atom. The molecular weight excluding hydrogens is 769 g/mol. The minimum atomic E-state index is -1.05. The molecule has 0 heterocycles. The Hall–Kier alpha value is -5.31. The zero-order valence-electron chi connectivity index (χ0n) is 34.5. The number of carbonyl (C=O) groups excluding carboxylic acids is 1. The van der Waals surface area contributed by atoms with Gasteiger partial charge < -0.3 is 52.1 Å². The van der Waals surface area contributed by atoms with Crippen molar-refractivity contribution in [2.24, 2.45) is 0 Å². The second-order valence-electron chi connectivity index (χ2n) is 14.1. The Morgan fingerprint density at radius 2 is 0.683 bits per heavy atom. The van der Waals surface area contributed by atoms with Crippen molar-refractivity contribution in [1.82, 2.24) is 0 Å². The molecule has 6 rings (SSSR count). The minimum Gasteiger partial charge on any atom is -0.497 e. The number of hydrogen-bond donors (Lipinski definition) is 0. The Morgan fingerprint density at radius 1 is 0.383 bits per heavy atom. The highest BCUT2D eigenvalue weighted by Gasteiger charge is 2.56. The van der Waals surface area contributed by atoms with Crippen molar-refractivity contribution < 1.29 is 56.9 Å². The summed E-state index contributed by atoms with van der Waals surface area (Å²) in [6.45, 7) is 2.11. The molecule has 1 fully saturated rings. The maximum absolute atomic E-state index is 13.0. The van der Waals surface area contributed by atoms with E-state index in [1.807, 2.05) is 133 Å². The lowest BCUT2D eigenvalue weighted by Crippen LogP contribution is -2.67. The molecule has 1 saturated carbocycles. The largest absolute Gasteiger partial charge is 0.497 e. The van der Waals surface area contributed by atoms with Crippen LogP contribution in [-0.4, -0.2) is 77.5 Å². The molecule has 0 spiro atoms. The third-order valence-corrected chi connectivity index (χ3v) is 9.96. The average Bonchev–Trinajstić information content (AvgIpc) is 3.29. The van der Waals surface area contributed by atoms with Crippen molar-refractivity contribution in [2.75, 3.05) is 34.9 Å². The van der Waals surface area contributed by atoms with Gasteiger partial charge in [0.15, 0.2) is 6.10 Å². The first-order valence-electron chi connectivity index (χ1n) is 19.8. The van der Waals surface area contributed by atoms with Gasteiger partial charge in [-0.3, -0.25) is 4.79 Å². The van der Waals surface area contributed by atoms with E-state index in [2.05, 4.69) is 0 Å². The third-order valence-electron chi connectivity index (χ3n) is 9.96. The summed E-state index contributed by atoms with van der Waals surface area (Å²) >= 11 is 0. The van der Waals surface area contributed by atoms with Gasteiger partial charge in [0.1, 0.15) is 61.4 Å². The molecule has 0 amide bonds. The van der Waals surface area contributed by atoms with Gasteiger partial charge in [0.25, 0.3) is 0 Å². The van der Waals surface area contributed by atoms with Crippen molar-refractivity contribution in [1.29, 1.82) is 0 Å². The summed E-state index contributed by atoms with van der Waals surface area (Å²) in [5.41, 5.74) is 4.57. The van der Waals surface area contributed by atoms with Gasteiger partial charge in [0.2, 0.25) is 0 Å². The van der Waals surface area contributed by atoms with Crippen LogP contribution < -0.4 is 14.2 Å². The van der Waals surface area contributed by atoms with Gasteiger partial charge >= 0.3 is 5.97 Å². The van der Waals surface area contributed by atoms with Crippen LogP contribution >= 0.6 is 0 Å². The van der Waals surface area contributed by atoms with Gasteiger partial charge in [-0.15, -0.1) is 0 Å². The standard InChI is InChI=1S/C48H54O12/c1-34(49)60-48-46(58-32-53-27-35-11-7-5-8-12-35)44(56-30-38-17-23-41(51-3)24-18-38)43(55-29-37-15-21-40(50-2)22-16-37)45(57-31-39-19-25-42(52-4)26-20-39)47(48)59-33-54-28-36-13-9-6-10-14-36/h5-26,43-48H,27-33H2,1-4H3/t43?,44-,45+,46-,47-,48?/m1/s1. The molecule has 6 atom stereocenters. The molecule has 0 aliphatic heterocycles. The fraction of sp³-hybridized carbons (Fsp3) is 0.354. The topological polar surface area (TPSA) is 119 Å². The zero-order chi connectivity index (χ0) is 41.9. The smallest absolute Gasteiger partial charge is 0.303 e. The van der Waals surface area contributed by atoms with E-state index < -0.39 is 42.6 Å². The van der Waals surface area contributed by atoms with Crippen LogP contribution in [0.2, 0.25) is 0 Å². The lowest BCUT2D eigenvalue weighted by atomic mass is 9.83. The first kappa shape index (κ1) is 44.2. The quantitative estimate of drug-likeness (QED) is 0.0363. The van der Waals surface area contributed by atoms with E-state index in [9.17, 15) is 4.79 Å². The van der Waals surface area contributed by atoms with Crippen LogP contribution in [-0.2, 0) is 75.7 Å². The van der Waals surface area contributed by atoms with Gasteiger partial charge in [-0.1, -0.05) is 97.1 Å². The summed E-state index contributed by atoms with van der Waals surface area (Å²) in [4.78, 5) is 13.0. The Kier molecular flexibility index (Phi) is 17.3. The highest BCUT2D eigenvalue weighted by Crippen LogP contribution is 2.36. The lowest BCUT2D eigenvalue weighted by Gasteiger charge is -2.49. The molecule has 5 aromatic carbocycles. The molecular formula is C48H54O12. The second kappa shape index (κ2) is 23.5. The molecule has 12 heteroatoms. The normalized spacial score (nSPS) is 20.0. The Bertz CT molecular complexity index is 1850. The van der Waals surface area contributed by atoms with Crippen molar-refractivity contribution in [3.05, 3.63) is 161 Å². The molecule has 5 aromatic rings. The highest BCUT2D eigenvalue weighted by molar-refractivity contribution is 5.66. The maximum atomic E-state index is 13.0. The first-order chi connectivity index (χ1) is 29.4. The molecule has 0 bridgehead atoms. The SMILES string of the molecule is COc1ccc(COC2[C@@H](OCc3ccc(OC)cc3)[C@@H](OCOCc3ccccc3)C(OC(C)=O)[C@H](OCOCc3ccccc3)[C@H]2OCc2ccc(OC)cc2)cc1. The van der Waals surface area contributed by atoms with Crippen LogP contribution in [0.15, 0.2) is 133 Å². The summed E-state index contributed by atoms with van der Waals surface area (Å²) in [5.74, 6) is 1.60. The van der Waals surface area contributed by atoms with Crippen LogP contribution in [0, 0.1) is 0 Å². The van der Waals surface area contributed by atoms with Crippen LogP contribution in [0.4, 0.5) is 0 Å². The maximum Gasteiger partial charge on any atom is 0.303 e. The van der Waals surface area contributed by atoms with Gasteiger partial charge in [0.05, 0.1) is 54.4 Å². The average molecular weight is 823 g/mol. The molecule has 318 valence electrons. The van der Waals surface area contributed by atoms with Gasteiger partial charge in [-0.2, -0.15) is 0 Å². The molecule has 0 radical (unpaired) electrons. The molecule has 12 nitrogen and oxygen atoms in total. The van der Waals surface area contributed by atoms with E-state index in [1.165, 1.54) is 6.92 Å².